The van der Waals surface area contributed by atoms with E-state index >= 15 is 0 Å². The van der Waals surface area contributed by atoms with Gasteiger partial charge in [0, 0.05) is 5.92 Å². The van der Waals surface area contributed by atoms with Gasteiger partial charge >= 0.3 is 0 Å². The fourth-order valence-corrected chi connectivity index (χ4v) is 2.01. The van der Waals surface area contributed by atoms with Gasteiger partial charge in [0.05, 0.1) is 0 Å². The van der Waals surface area contributed by atoms with Crippen LogP contribution in [0.3, 0.4) is 0 Å². The molecule has 0 heterocycles. The topological polar surface area (TPSA) is 17.1 Å². The van der Waals surface area contributed by atoms with E-state index in [0.717, 1.165) is 24.0 Å². The Morgan fingerprint density at radius 2 is 2.31 bits per heavy atom. The summed E-state index contributed by atoms with van der Waals surface area (Å²) in [5.41, 5.74) is 2.02. The largest absolute Gasteiger partial charge is 0.299 e. The van der Waals surface area contributed by atoms with Crippen molar-refractivity contribution in [1.82, 2.24) is 0 Å². The van der Waals surface area contributed by atoms with Crippen LogP contribution in [0.4, 0.5) is 4.39 Å². The second-order valence-electron chi connectivity index (χ2n) is 3.55. The molecule has 2 heteroatoms. The molecule has 0 radical (unpaired) electrons. The van der Waals surface area contributed by atoms with Gasteiger partial charge in [-0.05, 0) is 43.0 Å². The van der Waals surface area contributed by atoms with Crippen LogP contribution in [-0.2, 0) is 11.2 Å². The molecule has 1 aromatic rings. The second kappa shape index (κ2) is 2.95. The molecule has 0 fully saturated rings. The molecule has 0 aliphatic heterocycles. The molecule has 13 heavy (non-hydrogen) atoms. The first kappa shape index (κ1) is 8.42. The third kappa shape index (κ3) is 1.37. The standard InChI is InChI=1S/C11H11FO/c1-7(13)10-4-2-8-6-9(12)3-5-11(8)10/h3,5-6,10H,2,4H2,1H3. The van der Waals surface area contributed by atoms with Crippen LogP contribution in [0.5, 0.6) is 0 Å². The molecule has 1 aliphatic rings. The van der Waals surface area contributed by atoms with E-state index in [2.05, 4.69) is 0 Å². The van der Waals surface area contributed by atoms with Crippen molar-refractivity contribution in [1.29, 1.82) is 0 Å². The summed E-state index contributed by atoms with van der Waals surface area (Å²) in [4.78, 5) is 11.2. The van der Waals surface area contributed by atoms with Crippen LogP contribution >= 0.6 is 0 Å². The highest BCUT2D eigenvalue weighted by Gasteiger charge is 2.25. The third-order valence-corrected chi connectivity index (χ3v) is 2.67. The predicted octanol–water partition coefficient (Wildman–Crippen LogP) is 2.44. The number of benzene rings is 1. The maximum atomic E-state index is 12.8. The lowest BCUT2D eigenvalue weighted by Gasteiger charge is -2.06. The maximum Gasteiger partial charge on any atom is 0.137 e. The molecule has 2 rings (SSSR count). The lowest BCUT2D eigenvalue weighted by atomic mass is 9.98. The number of halogens is 1. The zero-order valence-electron chi connectivity index (χ0n) is 7.51. The highest BCUT2D eigenvalue weighted by Crippen LogP contribution is 2.33. The molecular weight excluding hydrogens is 167 g/mol. The van der Waals surface area contributed by atoms with E-state index in [1.165, 1.54) is 12.1 Å². The molecule has 1 nitrogen and oxygen atoms in total. The molecule has 0 N–H and O–H groups in total. The monoisotopic (exact) mass is 178 g/mol. The summed E-state index contributed by atoms with van der Waals surface area (Å²) >= 11 is 0. The van der Waals surface area contributed by atoms with Gasteiger partial charge in [0.25, 0.3) is 0 Å². The highest BCUT2D eigenvalue weighted by molar-refractivity contribution is 5.84. The first-order chi connectivity index (χ1) is 6.18. The Kier molecular flexibility index (Phi) is 1.91. The number of ketones is 1. The van der Waals surface area contributed by atoms with Crippen LogP contribution in [0.2, 0.25) is 0 Å². The molecule has 0 amide bonds. The number of hydrogen-bond acceptors (Lipinski definition) is 1. The van der Waals surface area contributed by atoms with Crippen molar-refractivity contribution in [3.05, 3.63) is 35.1 Å². The maximum absolute atomic E-state index is 12.8. The van der Waals surface area contributed by atoms with Gasteiger partial charge in [0.1, 0.15) is 11.6 Å². The van der Waals surface area contributed by atoms with E-state index in [4.69, 9.17) is 0 Å². The number of hydrogen-bond donors (Lipinski definition) is 0. The minimum atomic E-state index is -0.206. The lowest BCUT2D eigenvalue weighted by Crippen LogP contribution is -2.04. The fourth-order valence-electron chi connectivity index (χ4n) is 2.01. The summed E-state index contributed by atoms with van der Waals surface area (Å²) in [5, 5.41) is 0. The van der Waals surface area contributed by atoms with Crippen molar-refractivity contribution in [2.24, 2.45) is 0 Å². The molecule has 0 saturated heterocycles. The summed E-state index contributed by atoms with van der Waals surface area (Å²) in [5.74, 6) is -0.0103. The summed E-state index contributed by atoms with van der Waals surface area (Å²) in [7, 11) is 0. The zero-order valence-corrected chi connectivity index (χ0v) is 7.51. The number of rotatable bonds is 1. The van der Waals surface area contributed by atoms with Crippen molar-refractivity contribution < 1.29 is 9.18 Å². The van der Waals surface area contributed by atoms with E-state index in [1.54, 1.807) is 13.0 Å². The van der Waals surface area contributed by atoms with Crippen molar-refractivity contribution >= 4 is 5.78 Å². The SMILES string of the molecule is CC(=O)C1CCc2cc(F)ccc21. The van der Waals surface area contributed by atoms with Crippen molar-refractivity contribution in [3.8, 4) is 0 Å². The first-order valence-electron chi connectivity index (χ1n) is 4.47. The number of Topliss-reactive ketones (excluding diaryl/α,β-unsaturated/α-hetero) is 1. The molecule has 1 aromatic carbocycles. The van der Waals surface area contributed by atoms with E-state index in [1.807, 2.05) is 0 Å². The molecule has 1 aliphatic carbocycles. The normalized spacial score (nSPS) is 20.0. The van der Waals surface area contributed by atoms with Crippen LogP contribution in [0.1, 0.15) is 30.4 Å². The van der Waals surface area contributed by atoms with E-state index in [-0.39, 0.29) is 17.5 Å². The molecule has 0 bridgehead atoms. The van der Waals surface area contributed by atoms with Crippen molar-refractivity contribution in [2.75, 3.05) is 0 Å². The zero-order chi connectivity index (χ0) is 9.42. The van der Waals surface area contributed by atoms with Gasteiger partial charge < -0.3 is 0 Å². The Bertz CT molecular complexity index is 357. The molecule has 0 spiro atoms. The number of fused-ring (bicyclic) bond motifs is 1. The van der Waals surface area contributed by atoms with Gasteiger partial charge in [-0.1, -0.05) is 6.07 Å². The van der Waals surface area contributed by atoms with Crippen molar-refractivity contribution in [2.45, 2.75) is 25.7 Å². The Balaban J connectivity index is 2.44. The van der Waals surface area contributed by atoms with E-state index in [9.17, 15) is 9.18 Å². The van der Waals surface area contributed by atoms with Crippen LogP contribution in [0.15, 0.2) is 18.2 Å². The Morgan fingerprint density at radius 1 is 1.54 bits per heavy atom. The molecular formula is C11H11FO. The molecule has 1 atom stereocenters. The quantitative estimate of drug-likeness (QED) is 0.645. The van der Waals surface area contributed by atoms with Crippen LogP contribution in [0.25, 0.3) is 0 Å². The summed E-state index contributed by atoms with van der Waals surface area (Å²) < 4.78 is 12.8. The van der Waals surface area contributed by atoms with Crippen LogP contribution in [-0.4, -0.2) is 5.78 Å². The summed E-state index contributed by atoms with van der Waals surface area (Å²) in [6.45, 7) is 1.60. The average molecular weight is 178 g/mol. The number of carbonyl (C=O) groups is 1. The van der Waals surface area contributed by atoms with Gasteiger partial charge in [-0.2, -0.15) is 0 Å². The molecule has 68 valence electrons. The van der Waals surface area contributed by atoms with Crippen molar-refractivity contribution in [3.63, 3.8) is 0 Å². The highest BCUT2D eigenvalue weighted by atomic mass is 19.1. The third-order valence-electron chi connectivity index (χ3n) is 2.67. The van der Waals surface area contributed by atoms with E-state index in [0.29, 0.717) is 0 Å². The fraction of sp³-hybridized carbons (Fsp3) is 0.364. The molecule has 0 aromatic heterocycles. The Hall–Kier alpha value is -1.18. The number of aryl methyl sites for hydroxylation is 1. The van der Waals surface area contributed by atoms with Crippen LogP contribution < -0.4 is 0 Å². The van der Waals surface area contributed by atoms with Gasteiger partial charge in [0.15, 0.2) is 0 Å². The Labute approximate surface area is 76.6 Å². The second-order valence-corrected chi connectivity index (χ2v) is 3.55. The van der Waals surface area contributed by atoms with Gasteiger partial charge in [0.2, 0.25) is 0 Å². The molecule has 1 unspecified atom stereocenters. The van der Waals surface area contributed by atoms with Crippen LogP contribution in [0, 0.1) is 5.82 Å². The van der Waals surface area contributed by atoms with Gasteiger partial charge in [-0.3, -0.25) is 4.79 Å². The minimum Gasteiger partial charge on any atom is -0.299 e. The lowest BCUT2D eigenvalue weighted by molar-refractivity contribution is -0.118. The smallest absolute Gasteiger partial charge is 0.137 e. The summed E-state index contributed by atoms with van der Waals surface area (Å²) in [6.07, 6.45) is 1.67. The minimum absolute atomic E-state index is 0.00981. The summed E-state index contributed by atoms with van der Waals surface area (Å²) in [6, 6.07) is 4.71. The van der Waals surface area contributed by atoms with E-state index < -0.39 is 0 Å². The van der Waals surface area contributed by atoms with Gasteiger partial charge in [-0.25, -0.2) is 4.39 Å². The average Bonchev–Trinajstić information content (AvgIpc) is 2.46. The Morgan fingerprint density at radius 3 is 3.00 bits per heavy atom. The predicted molar refractivity (Wildman–Crippen MR) is 48.1 cm³/mol. The van der Waals surface area contributed by atoms with Gasteiger partial charge in [-0.15, -0.1) is 0 Å². The molecule has 0 saturated carbocycles. The number of carbonyl (C=O) groups excluding carboxylic acids is 1. The first-order valence-corrected chi connectivity index (χ1v) is 4.47.